The molecule has 0 fully saturated rings. The van der Waals surface area contributed by atoms with Gasteiger partial charge in [-0.05, 0) is 32.4 Å². The molecule has 1 N–H and O–H groups in total. The highest BCUT2D eigenvalue weighted by Gasteiger charge is 2.29. The number of aromatic hydroxyl groups is 1. The van der Waals surface area contributed by atoms with Gasteiger partial charge >= 0.3 is 0 Å². The highest BCUT2D eigenvalue weighted by Crippen LogP contribution is 2.25. The normalized spacial score (nSPS) is 11.4. The van der Waals surface area contributed by atoms with E-state index in [1.54, 1.807) is 7.05 Å². The molecule has 0 bridgehead atoms. The molecule has 0 saturated carbocycles. The van der Waals surface area contributed by atoms with Crippen molar-refractivity contribution in [2.75, 3.05) is 7.05 Å². The lowest BCUT2D eigenvalue weighted by Gasteiger charge is -2.35. The van der Waals surface area contributed by atoms with Crippen LogP contribution in [0.25, 0.3) is 0 Å². The number of phenolic OH excluding ortho intramolecular Hbond substituents is 1. The first-order chi connectivity index (χ1) is 7.81. The molecule has 1 aromatic carbocycles. The van der Waals surface area contributed by atoms with Crippen LogP contribution in [0.4, 0.5) is 4.39 Å². The van der Waals surface area contributed by atoms with E-state index in [1.807, 2.05) is 20.8 Å². The predicted molar refractivity (Wildman–Crippen MR) is 64.5 cm³/mol. The molecule has 0 aliphatic heterocycles. The van der Waals surface area contributed by atoms with Crippen LogP contribution in [0, 0.1) is 5.82 Å². The molecule has 17 heavy (non-hydrogen) atoms. The fourth-order valence-corrected chi connectivity index (χ4v) is 1.40. The predicted octanol–water partition coefficient (Wildman–Crippen LogP) is 2.79. The van der Waals surface area contributed by atoms with Gasteiger partial charge in [0.15, 0.2) is 0 Å². The number of amides is 1. The van der Waals surface area contributed by atoms with E-state index in [0.29, 0.717) is 0 Å². The Hall–Kier alpha value is -1.58. The van der Waals surface area contributed by atoms with Crippen molar-refractivity contribution in [3.8, 4) is 5.75 Å². The number of hydrogen-bond acceptors (Lipinski definition) is 2. The molecule has 1 amide bonds. The smallest absolute Gasteiger partial charge is 0.260 e. The van der Waals surface area contributed by atoms with Gasteiger partial charge in [0, 0.05) is 12.6 Å². The van der Waals surface area contributed by atoms with Crippen LogP contribution in [0.1, 0.15) is 37.6 Å². The summed E-state index contributed by atoms with van der Waals surface area (Å²) in [6, 6.07) is 3.84. The lowest BCUT2D eigenvalue weighted by molar-refractivity contribution is 0.0612. The number of carbonyl (C=O) groups is 1. The third-order valence-corrected chi connectivity index (χ3v) is 3.28. The largest absolute Gasteiger partial charge is 0.507 e. The summed E-state index contributed by atoms with van der Waals surface area (Å²) in [6.07, 6.45) is 0.741. The Labute approximate surface area is 101 Å². The molecule has 0 aliphatic rings. The third kappa shape index (κ3) is 2.57. The molecule has 0 heterocycles. The molecule has 0 aromatic heterocycles. The van der Waals surface area contributed by atoms with E-state index in [9.17, 15) is 14.3 Å². The second-order valence-corrected chi connectivity index (χ2v) is 4.66. The molecule has 1 rings (SSSR count). The molecule has 94 valence electrons. The van der Waals surface area contributed by atoms with Crippen molar-refractivity contribution in [3.63, 3.8) is 0 Å². The van der Waals surface area contributed by atoms with Crippen LogP contribution in [0.3, 0.4) is 0 Å². The zero-order valence-corrected chi connectivity index (χ0v) is 10.6. The average molecular weight is 239 g/mol. The Morgan fingerprint density at radius 2 is 2.06 bits per heavy atom. The van der Waals surface area contributed by atoms with Gasteiger partial charge in [-0.2, -0.15) is 0 Å². The number of phenols is 1. The number of nitrogens with zero attached hydrogens (tertiary/aromatic N) is 1. The standard InChI is InChI=1S/C13H18FNO2/c1-5-13(2,3)15(4)12(17)11-9(14)7-6-8-10(11)16/h6-8,16H,5H2,1-4H3. The Morgan fingerprint density at radius 3 is 2.53 bits per heavy atom. The Bertz CT molecular complexity index is 409. The van der Waals surface area contributed by atoms with Gasteiger partial charge in [-0.1, -0.05) is 13.0 Å². The summed E-state index contributed by atoms with van der Waals surface area (Å²) in [5, 5.41) is 9.56. The van der Waals surface area contributed by atoms with E-state index in [2.05, 4.69) is 0 Å². The maximum absolute atomic E-state index is 13.5. The number of carbonyl (C=O) groups excluding carboxylic acids is 1. The lowest BCUT2D eigenvalue weighted by Crippen LogP contribution is -2.44. The van der Waals surface area contributed by atoms with E-state index in [1.165, 1.54) is 23.1 Å². The van der Waals surface area contributed by atoms with E-state index < -0.39 is 11.7 Å². The van der Waals surface area contributed by atoms with Gasteiger partial charge in [-0.15, -0.1) is 0 Å². The monoisotopic (exact) mass is 239 g/mol. The highest BCUT2D eigenvalue weighted by atomic mass is 19.1. The van der Waals surface area contributed by atoms with Gasteiger partial charge < -0.3 is 10.0 Å². The van der Waals surface area contributed by atoms with E-state index >= 15 is 0 Å². The second kappa shape index (κ2) is 4.73. The summed E-state index contributed by atoms with van der Waals surface area (Å²) >= 11 is 0. The van der Waals surface area contributed by atoms with Crippen LogP contribution in [-0.2, 0) is 0 Å². The zero-order valence-electron chi connectivity index (χ0n) is 10.6. The zero-order chi connectivity index (χ0) is 13.2. The van der Waals surface area contributed by atoms with Crippen LogP contribution < -0.4 is 0 Å². The molecule has 4 heteroatoms. The molecule has 0 saturated heterocycles. The first-order valence-corrected chi connectivity index (χ1v) is 5.57. The van der Waals surface area contributed by atoms with E-state index in [-0.39, 0.29) is 16.9 Å². The highest BCUT2D eigenvalue weighted by molar-refractivity contribution is 5.97. The van der Waals surface area contributed by atoms with Crippen LogP contribution in [0.2, 0.25) is 0 Å². The Morgan fingerprint density at radius 1 is 1.47 bits per heavy atom. The fourth-order valence-electron chi connectivity index (χ4n) is 1.40. The number of halogens is 1. The van der Waals surface area contributed by atoms with Crippen LogP contribution >= 0.6 is 0 Å². The quantitative estimate of drug-likeness (QED) is 0.881. The van der Waals surface area contributed by atoms with Gasteiger partial charge in [0.25, 0.3) is 5.91 Å². The van der Waals surface area contributed by atoms with Gasteiger partial charge in [-0.3, -0.25) is 4.79 Å². The average Bonchev–Trinajstić information content (AvgIpc) is 2.27. The SMILES string of the molecule is CCC(C)(C)N(C)C(=O)c1c(O)cccc1F. The summed E-state index contributed by atoms with van der Waals surface area (Å²) in [5.74, 6) is -1.53. The van der Waals surface area contributed by atoms with Crippen molar-refractivity contribution in [2.24, 2.45) is 0 Å². The Balaban J connectivity index is 3.14. The Kier molecular flexibility index (Phi) is 3.76. The molecular formula is C13H18FNO2. The van der Waals surface area contributed by atoms with Gasteiger partial charge in [0.2, 0.25) is 0 Å². The minimum absolute atomic E-state index is 0.267. The minimum Gasteiger partial charge on any atom is -0.507 e. The van der Waals surface area contributed by atoms with E-state index in [0.717, 1.165) is 6.42 Å². The van der Waals surface area contributed by atoms with Crippen molar-refractivity contribution in [1.82, 2.24) is 4.90 Å². The van der Waals surface area contributed by atoms with Crippen LogP contribution in [0.15, 0.2) is 18.2 Å². The fraction of sp³-hybridized carbons (Fsp3) is 0.462. The molecule has 0 radical (unpaired) electrons. The van der Waals surface area contributed by atoms with Crippen LogP contribution in [0.5, 0.6) is 5.75 Å². The maximum Gasteiger partial charge on any atom is 0.260 e. The second-order valence-electron chi connectivity index (χ2n) is 4.66. The number of benzene rings is 1. The van der Waals surface area contributed by atoms with E-state index in [4.69, 9.17) is 0 Å². The number of rotatable bonds is 3. The van der Waals surface area contributed by atoms with Crippen molar-refractivity contribution in [1.29, 1.82) is 0 Å². The van der Waals surface area contributed by atoms with Crippen LogP contribution in [-0.4, -0.2) is 28.5 Å². The summed E-state index contributed by atoms with van der Waals surface area (Å²) in [5.41, 5.74) is -0.650. The first kappa shape index (κ1) is 13.5. The molecule has 1 aromatic rings. The van der Waals surface area contributed by atoms with Crippen molar-refractivity contribution in [2.45, 2.75) is 32.7 Å². The van der Waals surface area contributed by atoms with Gasteiger partial charge in [0.1, 0.15) is 17.1 Å². The summed E-state index contributed by atoms with van der Waals surface area (Å²) in [4.78, 5) is 13.6. The maximum atomic E-state index is 13.5. The number of hydrogen-bond donors (Lipinski definition) is 1. The summed E-state index contributed by atoms with van der Waals surface area (Å²) in [7, 11) is 1.61. The first-order valence-electron chi connectivity index (χ1n) is 5.57. The summed E-state index contributed by atoms with van der Waals surface area (Å²) < 4.78 is 13.5. The van der Waals surface area contributed by atoms with Gasteiger partial charge in [-0.25, -0.2) is 4.39 Å². The van der Waals surface area contributed by atoms with Crippen molar-refractivity contribution >= 4 is 5.91 Å². The molecular weight excluding hydrogens is 221 g/mol. The van der Waals surface area contributed by atoms with Gasteiger partial charge in [0.05, 0.1) is 0 Å². The molecule has 0 atom stereocenters. The lowest BCUT2D eigenvalue weighted by atomic mass is 9.98. The molecule has 3 nitrogen and oxygen atoms in total. The van der Waals surface area contributed by atoms with Crippen molar-refractivity contribution < 1.29 is 14.3 Å². The van der Waals surface area contributed by atoms with Crippen molar-refractivity contribution in [3.05, 3.63) is 29.6 Å². The molecule has 0 spiro atoms. The molecule has 0 aliphatic carbocycles. The summed E-state index contributed by atoms with van der Waals surface area (Å²) in [6.45, 7) is 5.73. The molecule has 0 unspecified atom stereocenters. The topological polar surface area (TPSA) is 40.5 Å². The third-order valence-electron chi connectivity index (χ3n) is 3.28. The minimum atomic E-state index is -0.700.